The van der Waals surface area contributed by atoms with E-state index in [1.54, 1.807) is 36.4 Å². The van der Waals surface area contributed by atoms with Crippen LogP contribution in [-0.4, -0.2) is 65.1 Å². The smallest absolute Gasteiger partial charge is 0.303 e. The molecule has 0 aliphatic rings. The summed E-state index contributed by atoms with van der Waals surface area (Å²) in [6.45, 7) is 4.75. The van der Waals surface area contributed by atoms with Crippen LogP contribution in [-0.2, 0) is 23.7 Å². The van der Waals surface area contributed by atoms with Crippen molar-refractivity contribution in [3.05, 3.63) is 108 Å². The topological polar surface area (TPSA) is 173 Å². The van der Waals surface area contributed by atoms with Gasteiger partial charge in [-0.1, -0.05) is 36.4 Å². The molecule has 0 aliphatic heterocycles. The first-order chi connectivity index (χ1) is 27.4. The van der Waals surface area contributed by atoms with E-state index in [-0.39, 0.29) is 43.2 Å². The minimum absolute atomic E-state index is 0.0214. The van der Waals surface area contributed by atoms with E-state index in [1.807, 2.05) is 85.6 Å². The van der Waals surface area contributed by atoms with Crippen LogP contribution in [0.2, 0.25) is 0 Å². The first kappa shape index (κ1) is 43.0. The molecule has 0 spiro atoms. The second-order valence-corrected chi connectivity index (χ2v) is 12.7. The van der Waals surface area contributed by atoms with E-state index in [0.29, 0.717) is 53.2 Å². The van der Waals surface area contributed by atoms with Crippen LogP contribution in [0.4, 0.5) is 11.6 Å². The SMILES string of the molecule is CCOc1ccc(C(=O)CCC(=O)Nc2cc3ccccc3n2C)cc1OC.CCOc1ccc(C(=O)CCC(=O)O)cc1OC.Cn1c(N)cc2ccccc21. The van der Waals surface area contributed by atoms with Gasteiger partial charge in [-0.25, -0.2) is 0 Å². The van der Waals surface area contributed by atoms with Crippen molar-refractivity contribution in [3.63, 3.8) is 0 Å². The Balaban J connectivity index is 0.000000211. The van der Waals surface area contributed by atoms with Gasteiger partial charge < -0.3 is 44.2 Å². The first-order valence-corrected chi connectivity index (χ1v) is 18.4. The molecule has 0 fully saturated rings. The van der Waals surface area contributed by atoms with Crippen molar-refractivity contribution in [1.82, 2.24) is 9.13 Å². The average molecular weight is 779 g/mol. The van der Waals surface area contributed by atoms with Gasteiger partial charge in [0, 0.05) is 66.3 Å². The summed E-state index contributed by atoms with van der Waals surface area (Å²) in [5.41, 5.74) is 8.86. The molecule has 57 heavy (non-hydrogen) atoms. The molecule has 0 radical (unpaired) electrons. The van der Waals surface area contributed by atoms with E-state index in [4.69, 9.17) is 29.8 Å². The molecule has 6 aromatic rings. The van der Waals surface area contributed by atoms with Crippen molar-refractivity contribution < 1.29 is 43.2 Å². The molecule has 2 heterocycles. The minimum atomic E-state index is -0.985. The molecule has 1 amide bonds. The van der Waals surface area contributed by atoms with Gasteiger partial charge in [0.2, 0.25) is 5.91 Å². The number of methoxy groups -OCH3 is 2. The number of anilines is 2. The number of aromatic nitrogens is 2. The van der Waals surface area contributed by atoms with E-state index in [0.717, 1.165) is 16.7 Å². The van der Waals surface area contributed by atoms with Crippen LogP contribution >= 0.6 is 0 Å². The molecule has 13 heteroatoms. The Bertz CT molecular complexity index is 2330. The monoisotopic (exact) mass is 778 g/mol. The summed E-state index contributed by atoms with van der Waals surface area (Å²) in [4.78, 5) is 46.9. The molecule has 300 valence electrons. The van der Waals surface area contributed by atoms with Crippen LogP contribution in [0.15, 0.2) is 97.1 Å². The summed E-state index contributed by atoms with van der Waals surface area (Å²) >= 11 is 0. The second-order valence-electron chi connectivity index (χ2n) is 12.7. The van der Waals surface area contributed by atoms with E-state index in [9.17, 15) is 19.2 Å². The summed E-state index contributed by atoms with van der Waals surface area (Å²) in [5.74, 6) is 2.13. The number of nitrogens with two attached hydrogens (primary N) is 1. The third-order valence-electron chi connectivity index (χ3n) is 8.92. The van der Waals surface area contributed by atoms with Gasteiger partial charge in [0.25, 0.3) is 0 Å². The Morgan fingerprint density at radius 1 is 0.614 bits per heavy atom. The number of nitrogens with one attached hydrogen (secondary N) is 1. The van der Waals surface area contributed by atoms with Gasteiger partial charge in [0.15, 0.2) is 34.6 Å². The lowest BCUT2D eigenvalue weighted by atomic mass is 10.1. The highest BCUT2D eigenvalue weighted by molar-refractivity contribution is 6.01. The highest BCUT2D eigenvalue weighted by Crippen LogP contribution is 2.30. The van der Waals surface area contributed by atoms with Crippen LogP contribution in [0.1, 0.15) is 60.2 Å². The van der Waals surface area contributed by atoms with Crippen LogP contribution < -0.4 is 30.0 Å². The Hall–Kier alpha value is -6.76. The number of carbonyl (C=O) groups excluding carboxylic acids is 3. The zero-order valence-corrected chi connectivity index (χ0v) is 33.2. The van der Waals surface area contributed by atoms with E-state index >= 15 is 0 Å². The number of carboxylic acids is 1. The number of aliphatic carboxylic acids is 1. The molecule has 4 N–H and O–H groups in total. The number of Topliss-reactive ketones (excluding diaryl/α,β-unsaturated/α-hetero) is 2. The zero-order chi connectivity index (χ0) is 41.5. The molecule has 4 aromatic carbocycles. The maximum atomic E-state index is 12.5. The van der Waals surface area contributed by atoms with E-state index < -0.39 is 5.97 Å². The Morgan fingerprint density at radius 3 is 1.54 bits per heavy atom. The lowest BCUT2D eigenvalue weighted by Crippen LogP contribution is -2.15. The highest BCUT2D eigenvalue weighted by Gasteiger charge is 2.15. The summed E-state index contributed by atoms with van der Waals surface area (Å²) in [5, 5.41) is 13.7. The molecule has 13 nitrogen and oxygen atoms in total. The number of fused-ring (bicyclic) bond motifs is 2. The van der Waals surface area contributed by atoms with Gasteiger partial charge in [-0.05, 0) is 74.5 Å². The van der Waals surface area contributed by atoms with Crippen molar-refractivity contribution >= 4 is 56.9 Å². The molecular weight excluding hydrogens is 729 g/mol. The molecular formula is C44H50N4O9. The summed E-state index contributed by atoms with van der Waals surface area (Å²) < 4.78 is 25.1. The van der Waals surface area contributed by atoms with Crippen molar-refractivity contribution in [2.24, 2.45) is 14.1 Å². The molecule has 0 atom stereocenters. The van der Waals surface area contributed by atoms with Crippen molar-refractivity contribution in [1.29, 1.82) is 0 Å². The van der Waals surface area contributed by atoms with E-state index in [1.165, 1.54) is 25.1 Å². The minimum Gasteiger partial charge on any atom is -0.493 e. The normalized spacial score (nSPS) is 10.4. The molecule has 0 saturated heterocycles. The maximum absolute atomic E-state index is 12.5. The summed E-state index contributed by atoms with van der Waals surface area (Å²) in [6.07, 6.45) is 0.0314. The predicted octanol–water partition coefficient (Wildman–Crippen LogP) is 8.09. The number of ether oxygens (including phenoxy) is 4. The number of amides is 1. The average Bonchev–Trinajstić information content (AvgIpc) is 3.69. The fourth-order valence-corrected chi connectivity index (χ4v) is 5.89. The number of nitrogens with zero attached hydrogens (tertiary/aromatic N) is 2. The largest absolute Gasteiger partial charge is 0.493 e. The predicted molar refractivity (Wildman–Crippen MR) is 222 cm³/mol. The Labute approximate surface area is 331 Å². The number of benzene rings is 4. The fraction of sp³-hybridized carbons (Fsp3) is 0.273. The quantitative estimate of drug-likeness (QED) is 0.0865. The third kappa shape index (κ3) is 11.6. The van der Waals surface area contributed by atoms with Crippen molar-refractivity contribution in [2.45, 2.75) is 39.5 Å². The number of aryl methyl sites for hydroxylation is 2. The Morgan fingerprint density at radius 2 is 1.09 bits per heavy atom. The van der Waals surface area contributed by atoms with E-state index in [2.05, 4.69) is 17.4 Å². The van der Waals surface area contributed by atoms with Crippen LogP contribution in [0.5, 0.6) is 23.0 Å². The number of nitrogen functional groups attached to an aromatic ring is 1. The van der Waals surface area contributed by atoms with Gasteiger partial charge in [0.1, 0.15) is 11.6 Å². The number of hydrogen-bond acceptors (Lipinski definition) is 9. The molecule has 0 aliphatic carbocycles. The highest BCUT2D eigenvalue weighted by atomic mass is 16.5. The number of hydrogen-bond donors (Lipinski definition) is 3. The molecule has 0 unspecified atom stereocenters. The number of rotatable bonds is 15. The third-order valence-corrected chi connectivity index (χ3v) is 8.92. The fourth-order valence-electron chi connectivity index (χ4n) is 5.89. The molecule has 0 saturated carbocycles. The van der Waals surface area contributed by atoms with Crippen molar-refractivity contribution in [2.75, 3.05) is 38.5 Å². The molecule has 0 bridgehead atoms. The molecule has 2 aromatic heterocycles. The number of ketones is 2. The number of carbonyl (C=O) groups is 4. The zero-order valence-electron chi connectivity index (χ0n) is 33.2. The molecule has 6 rings (SSSR count). The van der Waals surface area contributed by atoms with Gasteiger partial charge in [-0.15, -0.1) is 0 Å². The van der Waals surface area contributed by atoms with Gasteiger partial charge >= 0.3 is 5.97 Å². The maximum Gasteiger partial charge on any atom is 0.303 e. The summed E-state index contributed by atoms with van der Waals surface area (Å²) in [6, 6.07) is 29.8. The standard InChI is InChI=1S/C22H24N2O4.C13H16O5.C9H10N2/c1-4-28-19-11-9-16(13-20(19)27-3)18(25)10-12-22(26)23-21-14-15-7-5-6-8-17(15)24(21)2;1-3-18-11-6-4-9(8-12(11)17-2)10(14)5-7-13(15)16;1-11-8-5-3-2-4-7(8)6-9(11)10/h5-9,11,13-14H,4,10,12H2,1-3H3,(H,23,26);4,6,8H,3,5,7H2,1-2H3,(H,15,16);2-6H,10H2,1H3. The summed E-state index contributed by atoms with van der Waals surface area (Å²) in [7, 11) is 6.89. The number of carboxylic acid groups (broad SMARTS) is 1. The van der Waals surface area contributed by atoms with Gasteiger partial charge in [0.05, 0.1) is 33.9 Å². The van der Waals surface area contributed by atoms with Crippen LogP contribution in [0, 0.1) is 0 Å². The van der Waals surface area contributed by atoms with Gasteiger partial charge in [-0.3, -0.25) is 19.2 Å². The van der Waals surface area contributed by atoms with Crippen LogP contribution in [0.3, 0.4) is 0 Å². The lowest BCUT2D eigenvalue weighted by Gasteiger charge is -2.10. The second kappa shape index (κ2) is 20.8. The van der Waals surface area contributed by atoms with Crippen LogP contribution in [0.25, 0.3) is 21.8 Å². The number of para-hydroxylation sites is 2. The van der Waals surface area contributed by atoms with Crippen molar-refractivity contribution in [3.8, 4) is 23.0 Å². The first-order valence-electron chi connectivity index (χ1n) is 18.4. The lowest BCUT2D eigenvalue weighted by molar-refractivity contribution is -0.137. The van der Waals surface area contributed by atoms with Gasteiger partial charge in [-0.2, -0.15) is 0 Å². The Kier molecular flexibility index (Phi) is 15.7.